The van der Waals surface area contributed by atoms with Crippen LogP contribution < -0.4 is 0 Å². The summed E-state index contributed by atoms with van der Waals surface area (Å²) in [6.07, 6.45) is 10.5. The van der Waals surface area contributed by atoms with Crippen LogP contribution in [0.15, 0.2) is 42.1 Å². The van der Waals surface area contributed by atoms with Crippen LogP contribution in [0.5, 0.6) is 0 Å². The molecule has 6 heteroatoms. The number of hydrogen-bond acceptors (Lipinski definition) is 6. The van der Waals surface area contributed by atoms with E-state index in [2.05, 4.69) is 37.7 Å². The molecular formula is C20H27N5S. The average Bonchev–Trinajstić information content (AvgIpc) is 2.95. The van der Waals surface area contributed by atoms with E-state index in [0.29, 0.717) is 6.04 Å². The molecule has 2 unspecified atom stereocenters. The second-order valence-corrected chi connectivity index (χ2v) is 8.62. The highest BCUT2D eigenvalue weighted by Crippen LogP contribution is 2.29. The summed E-state index contributed by atoms with van der Waals surface area (Å²) >= 11 is 1.70. The van der Waals surface area contributed by atoms with Crippen molar-refractivity contribution in [3.8, 4) is 0 Å². The molecular weight excluding hydrogens is 342 g/mol. The van der Waals surface area contributed by atoms with E-state index in [9.17, 15) is 0 Å². The average molecular weight is 370 g/mol. The maximum Gasteiger partial charge on any atom is 0.187 e. The third kappa shape index (κ3) is 4.42. The fourth-order valence-corrected chi connectivity index (χ4v) is 4.72. The van der Waals surface area contributed by atoms with Crippen molar-refractivity contribution in [1.29, 1.82) is 0 Å². The molecule has 138 valence electrons. The van der Waals surface area contributed by atoms with Gasteiger partial charge in [-0.1, -0.05) is 24.8 Å². The van der Waals surface area contributed by atoms with Gasteiger partial charge in [-0.3, -0.25) is 14.8 Å². The van der Waals surface area contributed by atoms with Crippen molar-refractivity contribution < 1.29 is 0 Å². The van der Waals surface area contributed by atoms with Gasteiger partial charge in [0.15, 0.2) is 5.16 Å². The number of piperidine rings is 1. The van der Waals surface area contributed by atoms with Crippen LogP contribution in [0.3, 0.4) is 0 Å². The van der Waals surface area contributed by atoms with E-state index in [1.165, 1.54) is 37.1 Å². The number of aromatic nitrogens is 3. The van der Waals surface area contributed by atoms with Crippen molar-refractivity contribution in [2.75, 3.05) is 25.4 Å². The summed E-state index contributed by atoms with van der Waals surface area (Å²) in [4.78, 5) is 18.5. The van der Waals surface area contributed by atoms with Gasteiger partial charge in [-0.2, -0.15) is 0 Å². The van der Waals surface area contributed by atoms with Crippen molar-refractivity contribution in [2.24, 2.45) is 5.92 Å². The van der Waals surface area contributed by atoms with E-state index < -0.39 is 0 Å². The normalized spacial score (nSPS) is 23.9. The molecule has 5 rings (SSSR count). The van der Waals surface area contributed by atoms with E-state index in [-0.39, 0.29) is 0 Å². The molecule has 3 saturated heterocycles. The number of fused-ring (bicyclic) bond motifs is 4. The van der Waals surface area contributed by atoms with Gasteiger partial charge < -0.3 is 0 Å². The largest absolute Gasteiger partial charge is 0.297 e. The molecule has 3 fully saturated rings. The van der Waals surface area contributed by atoms with Crippen LogP contribution in [0.2, 0.25) is 0 Å². The van der Waals surface area contributed by atoms with Gasteiger partial charge in [-0.05, 0) is 36.1 Å². The highest BCUT2D eigenvalue weighted by atomic mass is 32.2. The van der Waals surface area contributed by atoms with E-state index >= 15 is 0 Å². The highest BCUT2D eigenvalue weighted by molar-refractivity contribution is 7.99. The van der Waals surface area contributed by atoms with Gasteiger partial charge in [-0.25, -0.2) is 9.97 Å². The SMILES string of the molecule is CCSc1ncc(CN2CC3CCC2CN(Cc2cccnc2)C3)cn1. The second-order valence-electron chi connectivity index (χ2n) is 7.39. The summed E-state index contributed by atoms with van der Waals surface area (Å²) in [5.41, 5.74) is 2.55. The molecule has 2 aromatic heterocycles. The standard InChI is InChI=1S/C20H27N5S/c1-2-26-20-22-9-18(10-23-20)14-25-13-17-5-6-19(25)15-24(12-17)11-16-4-3-7-21-8-16/h3-4,7-10,17,19H,2,5-6,11-15H2,1H3. The lowest BCUT2D eigenvalue weighted by atomic mass is 9.95. The van der Waals surface area contributed by atoms with Crippen LogP contribution in [0, 0.1) is 5.92 Å². The van der Waals surface area contributed by atoms with E-state index in [0.717, 1.165) is 36.5 Å². The van der Waals surface area contributed by atoms with Crippen molar-refractivity contribution in [3.05, 3.63) is 48.0 Å². The molecule has 2 atom stereocenters. The Hall–Kier alpha value is -1.50. The van der Waals surface area contributed by atoms with Gasteiger partial charge in [0.25, 0.3) is 0 Å². The van der Waals surface area contributed by atoms with Crippen LogP contribution in [0.4, 0.5) is 0 Å². The van der Waals surface area contributed by atoms with Crippen LogP contribution in [-0.4, -0.2) is 56.2 Å². The van der Waals surface area contributed by atoms with Gasteiger partial charge in [0.05, 0.1) is 0 Å². The van der Waals surface area contributed by atoms with Crippen LogP contribution in [-0.2, 0) is 13.1 Å². The molecule has 0 radical (unpaired) electrons. The number of hydrogen-bond donors (Lipinski definition) is 0. The zero-order valence-electron chi connectivity index (χ0n) is 15.4. The van der Waals surface area contributed by atoms with Gasteiger partial charge in [0, 0.05) is 69.1 Å². The molecule has 0 N–H and O–H groups in total. The van der Waals surface area contributed by atoms with Crippen LogP contribution >= 0.6 is 11.8 Å². The van der Waals surface area contributed by atoms with Gasteiger partial charge in [-0.15, -0.1) is 0 Å². The van der Waals surface area contributed by atoms with E-state index in [1.54, 1.807) is 11.8 Å². The quantitative estimate of drug-likeness (QED) is 0.576. The molecule has 2 aromatic rings. The Morgan fingerprint density at radius 1 is 1.04 bits per heavy atom. The molecule has 0 spiro atoms. The first-order valence-electron chi connectivity index (χ1n) is 9.59. The molecule has 2 bridgehead atoms. The molecule has 3 aliphatic heterocycles. The number of pyridine rings is 1. The number of thioether (sulfide) groups is 1. The fourth-order valence-electron chi connectivity index (χ4n) is 4.21. The Kier molecular flexibility index (Phi) is 5.82. The van der Waals surface area contributed by atoms with Gasteiger partial charge >= 0.3 is 0 Å². The molecule has 0 saturated carbocycles. The Balaban J connectivity index is 1.40. The summed E-state index contributed by atoms with van der Waals surface area (Å²) in [6, 6.07) is 4.86. The lowest BCUT2D eigenvalue weighted by Crippen LogP contribution is -2.43. The maximum absolute atomic E-state index is 4.50. The second kappa shape index (κ2) is 8.46. The Morgan fingerprint density at radius 2 is 1.92 bits per heavy atom. The number of nitrogens with zero attached hydrogens (tertiary/aromatic N) is 5. The summed E-state index contributed by atoms with van der Waals surface area (Å²) in [6.45, 7) is 7.66. The molecule has 5 nitrogen and oxygen atoms in total. The predicted octanol–water partition coefficient (Wildman–Crippen LogP) is 3.08. The number of rotatable bonds is 6. The lowest BCUT2D eigenvalue weighted by Gasteiger charge is -2.36. The first-order chi connectivity index (χ1) is 12.8. The van der Waals surface area contributed by atoms with Crippen LogP contribution in [0.25, 0.3) is 0 Å². The predicted molar refractivity (Wildman–Crippen MR) is 105 cm³/mol. The lowest BCUT2D eigenvalue weighted by molar-refractivity contribution is 0.123. The molecule has 0 aliphatic carbocycles. The zero-order valence-corrected chi connectivity index (χ0v) is 16.2. The summed E-state index contributed by atoms with van der Waals surface area (Å²) < 4.78 is 0. The molecule has 0 aromatic carbocycles. The fraction of sp³-hybridized carbons (Fsp3) is 0.550. The summed E-state index contributed by atoms with van der Waals surface area (Å²) in [5, 5.41) is 0.885. The van der Waals surface area contributed by atoms with Crippen LogP contribution in [0.1, 0.15) is 30.9 Å². The summed E-state index contributed by atoms with van der Waals surface area (Å²) in [7, 11) is 0. The van der Waals surface area contributed by atoms with Crippen molar-refractivity contribution >= 4 is 11.8 Å². The van der Waals surface area contributed by atoms with Gasteiger partial charge in [0.2, 0.25) is 0 Å². The van der Waals surface area contributed by atoms with Crippen molar-refractivity contribution in [2.45, 2.75) is 44.1 Å². The third-order valence-corrected chi connectivity index (χ3v) is 6.13. The monoisotopic (exact) mass is 369 g/mol. The maximum atomic E-state index is 4.50. The highest BCUT2D eigenvalue weighted by Gasteiger charge is 2.34. The molecule has 0 amide bonds. The molecule has 26 heavy (non-hydrogen) atoms. The summed E-state index contributed by atoms with van der Waals surface area (Å²) in [5.74, 6) is 1.78. The smallest absolute Gasteiger partial charge is 0.187 e. The third-order valence-electron chi connectivity index (χ3n) is 5.37. The van der Waals surface area contributed by atoms with Crippen molar-refractivity contribution in [3.63, 3.8) is 0 Å². The molecule has 5 heterocycles. The zero-order chi connectivity index (χ0) is 17.8. The Labute approximate surface area is 160 Å². The Morgan fingerprint density at radius 3 is 2.69 bits per heavy atom. The molecule has 3 aliphatic rings. The Bertz CT molecular complexity index is 693. The van der Waals surface area contributed by atoms with E-state index in [1.807, 2.05) is 30.9 Å². The minimum absolute atomic E-state index is 0.634. The van der Waals surface area contributed by atoms with E-state index in [4.69, 9.17) is 0 Å². The van der Waals surface area contributed by atoms with Crippen molar-refractivity contribution in [1.82, 2.24) is 24.8 Å². The topological polar surface area (TPSA) is 45.2 Å². The van der Waals surface area contributed by atoms with Gasteiger partial charge in [0.1, 0.15) is 0 Å². The minimum atomic E-state index is 0.634. The minimum Gasteiger partial charge on any atom is -0.297 e. The first kappa shape index (κ1) is 17.9. The first-order valence-corrected chi connectivity index (χ1v) is 10.6.